The van der Waals surface area contributed by atoms with Gasteiger partial charge in [0.1, 0.15) is 11.5 Å². The Kier molecular flexibility index (Phi) is 6.65. The van der Waals surface area contributed by atoms with Gasteiger partial charge in [-0.05, 0) is 61.0 Å². The highest BCUT2D eigenvalue weighted by Gasteiger charge is 2.37. The maximum atomic E-state index is 13.5. The number of fused-ring (bicyclic) bond motifs is 1. The molecule has 9 nitrogen and oxygen atoms in total. The number of hydrogen-bond donors (Lipinski definition) is 1. The number of esters is 1. The Morgan fingerprint density at radius 3 is 2.43 bits per heavy atom. The van der Waals surface area contributed by atoms with Gasteiger partial charge in [0, 0.05) is 5.69 Å². The number of ether oxygens (including phenoxy) is 3. The minimum Gasteiger partial charge on any atom is -0.497 e. The number of rotatable bonds is 6. The van der Waals surface area contributed by atoms with Crippen molar-refractivity contribution in [2.75, 3.05) is 30.4 Å². The molecule has 0 unspecified atom stereocenters. The summed E-state index contributed by atoms with van der Waals surface area (Å²) in [7, 11) is -1.25. The monoisotopic (exact) mass is 496 g/mol. The number of nitrogens with one attached hydrogen (secondary N) is 1. The molecule has 1 heterocycles. The van der Waals surface area contributed by atoms with Crippen molar-refractivity contribution < 1.29 is 32.2 Å². The third-order valence-electron chi connectivity index (χ3n) is 5.59. The summed E-state index contributed by atoms with van der Waals surface area (Å²) in [6, 6.07) is 17.4. The Hall–Kier alpha value is -4.05. The Morgan fingerprint density at radius 2 is 1.74 bits per heavy atom. The molecule has 0 aromatic heterocycles. The molecule has 10 heteroatoms. The van der Waals surface area contributed by atoms with Crippen molar-refractivity contribution >= 4 is 33.3 Å². The number of aryl methyl sites for hydroxylation is 1. The maximum absolute atomic E-state index is 13.5. The number of methoxy groups -OCH3 is 2. The average Bonchev–Trinajstić information content (AvgIpc) is 2.88. The summed E-state index contributed by atoms with van der Waals surface area (Å²) in [5.41, 5.74) is 1.71. The number of amides is 1. The van der Waals surface area contributed by atoms with E-state index in [1.165, 1.54) is 32.4 Å². The topological polar surface area (TPSA) is 111 Å². The highest BCUT2D eigenvalue weighted by atomic mass is 32.2. The van der Waals surface area contributed by atoms with Gasteiger partial charge in [-0.25, -0.2) is 13.2 Å². The molecule has 0 saturated carbocycles. The largest absolute Gasteiger partial charge is 0.497 e. The van der Waals surface area contributed by atoms with Crippen molar-refractivity contribution in [3.63, 3.8) is 0 Å². The molecule has 0 fully saturated rings. The SMILES string of the molecule is COC(=O)c1ccc(C)c(NC(=O)[C@H]2CN(S(=O)(=O)c3ccc(OC)cc3)c3ccccc3O2)c1. The molecular weight excluding hydrogens is 472 g/mol. The second-order valence-corrected chi connectivity index (χ2v) is 9.66. The lowest BCUT2D eigenvalue weighted by molar-refractivity contribution is -0.122. The number of para-hydroxylation sites is 2. The van der Waals surface area contributed by atoms with Crippen LogP contribution in [-0.4, -0.2) is 47.2 Å². The van der Waals surface area contributed by atoms with Crippen LogP contribution in [0.2, 0.25) is 0 Å². The Balaban J connectivity index is 1.65. The minimum atomic E-state index is -4.01. The zero-order chi connectivity index (χ0) is 25.2. The van der Waals surface area contributed by atoms with Gasteiger partial charge in [0.15, 0.2) is 6.10 Å². The van der Waals surface area contributed by atoms with E-state index in [-0.39, 0.29) is 22.8 Å². The third kappa shape index (κ3) is 4.78. The number of nitrogens with zero attached hydrogens (tertiary/aromatic N) is 1. The number of sulfonamides is 1. The van der Waals surface area contributed by atoms with Crippen LogP contribution < -0.4 is 19.1 Å². The number of carbonyl (C=O) groups is 2. The summed E-state index contributed by atoms with van der Waals surface area (Å²) in [5.74, 6) is -0.316. The quantitative estimate of drug-likeness (QED) is 0.521. The predicted molar refractivity (Wildman–Crippen MR) is 130 cm³/mol. The standard InChI is InChI=1S/C25H24N2O7S/c1-16-8-9-17(25(29)33-3)14-20(16)26-24(28)23-15-27(21-6-4-5-7-22(21)34-23)35(30,31)19-12-10-18(32-2)11-13-19/h4-14,23H,15H2,1-3H3,(H,26,28)/t23-/m1/s1. The molecule has 0 spiro atoms. The minimum absolute atomic E-state index is 0.0517. The predicted octanol–water partition coefficient (Wildman–Crippen LogP) is 3.39. The van der Waals surface area contributed by atoms with Crippen LogP contribution in [0.4, 0.5) is 11.4 Å². The van der Waals surface area contributed by atoms with Crippen LogP contribution in [-0.2, 0) is 19.6 Å². The van der Waals surface area contributed by atoms with Gasteiger partial charge in [-0.3, -0.25) is 9.10 Å². The molecule has 1 atom stereocenters. The molecule has 35 heavy (non-hydrogen) atoms. The summed E-state index contributed by atoms with van der Waals surface area (Å²) in [5, 5.41) is 2.75. The number of hydrogen-bond acceptors (Lipinski definition) is 7. The maximum Gasteiger partial charge on any atom is 0.337 e. The van der Waals surface area contributed by atoms with Gasteiger partial charge in [-0.15, -0.1) is 0 Å². The molecule has 3 aromatic rings. The fourth-order valence-electron chi connectivity index (χ4n) is 3.66. The van der Waals surface area contributed by atoms with E-state index in [1.807, 2.05) is 0 Å². The molecule has 0 saturated heterocycles. The normalized spacial score (nSPS) is 14.9. The zero-order valence-corrected chi connectivity index (χ0v) is 20.2. The lowest BCUT2D eigenvalue weighted by Crippen LogP contribution is -2.48. The molecule has 4 rings (SSSR count). The van der Waals surface area contributed by atoms with Crippen LogP contribution in [0.15, 0.2) is 71.6 Å². The molecule has 1 amide bonds. The lowest BCUT2D eigenvalue weighted by atomic mass is 10.1. The van der Waals surface area contributed by atoms with Crippen LogP contribution in [0.1, 0.15) is 15.9 Å². The van der Waals surface area contributed by atoms with Crippen molar-refractivity contribution in [3.05, 3.63) is 77.9 Å². The molecule has 182 valence electrons. The highest BCUT2D eigenvalue weighted by molar-refractivity contribution is 7.92. The van der Waals surface area contributed by atoms with Crippen LogP contribution in [0.25, 0.3) is 0 Å². The Morgan fingerprint density at radius 1 is 1.03 bits per heavy atom. The molecule has 1 aliphatic heterocycles. The molecule has 1 N–H and O–H groups in total. The summed E-state index contributed by atoms with van der Waals surface area (Å²) in [6.07, 6.45) is -1.14. The van der Waals surface area contributed by atoms with E-state index in [0.717, 1.165) is 4.31 Å². The van der Waals surface area contributed by atoms with Crippen molar-refractivity contribution in [1.29, 1.82) is 0 Å². The van der Waals surface area contributed by atoms with Crippen molar-refractivity contribution in [2.24, 2.45) is 0 Å². The highest BCUT2D eigenvalue weighted by Crippen LogP contribution is 2.37. The van der Waals surface area contributed by atoms with E-state index in [1.54, 1.807) is 55.5 Å². The van der Waals surface area contributed by atoms with E-state index in [9.17, 15) is 18.0 Å². The van der Waals surface area contributed by atoms with Crippen LogP contribution in [0, 0.1) is 6.92 Å². The van der Waals surface area contributed by atoms with Crippen molar-refractivity contribution in [3.8, 4) is 11.5 Å². The molecule has 0 bridgehead atoms. The molecule has 1 aliphatic rings. The van der Waals surface area contributed by atoms with E-state index >= 15 is 0 Å². The first-order chi connectivity index (χ1) is 16.7. The van der Waals surface area contributed by atoms with E-state index in [0.29, 0.717) is 22.7 Å². The molecular formula is C25H24N2O7S. The van der Waals surface area contributed by atoms with E-state index < -0.39 is 28.0 Å². The van der Waals surface area contributed by atoms with Gasteiger partial charge in [0.25, 0.3) is 15.9 Å². The average molecular weight is 497 g/mol. The van der Waals surface area contributed by atoms with E-state index in [4.69, 9.17) is 14.2 Å². The van der Waals surface area contributed by atoms with Crippen LogP contribution >= 0.6 is 0 Å². The first-order valence-electron chi connectivity index (χ1n) is 10.7. The second-order valence-electron chi connectivity index (χ2n) is 7.80. The third-order valence-corrected chi connectivity index (χ3v) is 7.39. The summed E-state index contributed by atoms with van der Waals surface area (Å²) < 4.78 is 44.0. The summed E-state index contributed by atoms with van der Waals surface area (Å²) in [6.45, 7) is 1.53. The molecule has 3 aromatic carbocycles. The lowest BCUT2D eigenvalue weighted by Gasteiger charge is -2.34. The van der Waals surface area contributed by atoms with Crippen molar-refractivity contribution in [2.45, 2.75) is 17.9 Å². The zero-order valence-electron chi connectivity index (χ0n) is 19.3. The second kappa shape index (κ2) is 9.67. The molecule has 0 aliphatic carbocycles. The first-order valence-corrected chi connectivity index (χ1v) is 12.1. The number of benzene rings is 3. The van der Waals surface area contributed by atoms with Crippen LogP contribution in [0.3, 0.4) is 0 Å². The van der Waals surface area contributed by atoms with Gasteiger partial charge in [-0.2, -0.15) is 0 Å². The molecule has 0 radical (unpaired) electrons. The summed E-state index contributed by atoms with van der Waals surface area (Å²) >= 11 is 0. The summed E-state index contributed by atoms with van der Waals surface area (Å²) in [4.78, 5) is 25.1. The fourth-order valence-corrected chi connectivity index (χ4v) is 5.13. The number of anilines is 2. The van der Waals surface area contributed by atoms with Gasteiger partial charge in [0.05, 0.1) is 36.9 Å². The van der Waals surface area contributed by atoms with Gasteiger partial charge < -0.3 is 19.5 Å². The van der Waals surface area contributed by atoms with E-state index in [2.05, 4.69) is 5.32 Å². The number of carbonyl (C=O) groups excluding carboxylic acids is 2. The van der Waals surface area contributed by atoms with Gasteiger partial charge in [-0.1, -0.05) is 18.2 Å². The Bertz CT molecular complexity index is 1370. The van der Waals surface area contributed by atoms with Crippen molar-refractivity contribution in [1.82, 2.24) is 0 Å². The first kappa shape index (κ1) is 24.1. The fraction of sp³-hybridized carbons (Fsp3) is 0.200. The Labute approximate surface area is 203 Å². The smallest absolute Gasteiger partial charge is 0.337 e. The van der Waals surface area contributed by atoms with Crippen LogP contribution in [0.5, 0.6) is 11.5 Å². The van der Waals surface area contributed by atoms with Gasteiger partial charge >= 0.3 is 5.97 Å². The van der Waals surface area contributed by atoms with Gasteiger partial charge in [0.2, 0.25) is 0 Å².